The molecule has 2 nitrogen and oxygen atoms in total. The molecule has 0 spiro atoms. The maximum Gasteiger partial charge on any atom is 0.289 e. The van der Waals surface area contributed by atoms with Crippen LogP contribution in [0, 0.1) is 0 Å². The van der Waals surface area contributed by atoms with E-state index in [2.05, 4.69) is 10.3 Å². The number of thiazole rings is 1. The summed E-state index contributed by atoms with van der Waals surface area (Å²) in [6.45, 7) is 0.796. The molecule has 1 aromatic heterocycles. The molecule has 12 heavy (non-hydrogen) atoms. The highest BCUT2D eigenvalue weighted by molar-refractivity contribution is 7.11. The van der Waals surface area contributed by atoms with Gasteiger partial charge in [-0.3, -0.25) is 0 Å². The molecular formula is C7H10F2N2S. The Morgan fingerprint density at radius 2 is 2.42 bits per heavy atom. The first-order valence-corrected chi connectivity index (χ1v) is 4.43. The fourth-order valence-corrected chi connectivity index (χ4v) is 1.56. The number of hydrogen-bond donors (Lipinski definition) is 1. The van der Waals surface area contributed by atoms with E-state index in [1.165, 1.54) is 6.20 Å². The highest BCUT2D eigenvalue weighted by atomic mass is 32.1. The summed E-state index contributed by atoms with van der Waals surface area (Å²) in [5.41, 5.74) is 0. The van der Waals surface area contributed by atoms with Crippen molar-refractivity contribution in [3.63, 3.8) is 0 Å². The van der Waals surface area contributed by atoms with Crippen molar-refractivity contribution in [3.8, 4) is 0 Å². The second-order valence-corrected chi connectivity index (χ2v) is 3.47. The third kappa shape index (κ3) is 2.49. The lowest BCUT2D eigenvalue weighted by molar-refractivity contribution is 0.151. The molecular weight excluding hydrogens is 182 g/mol. The van der Waals surface area contributed by atoms with Crippen LogP contribution in [0.5, 0.6) is 0 Å². The van der Waals surface area contributed by atoms with Gasteiger partial charge in [0.15, 0.2) is 5.01 Å². The van der Waals surface area contributed by atoms with E-state index in [4.69, 9.17) is 0 Å². The first-order valence-electron chi connectivity index (χ1n) is 3.61. The zero-order valence-electron chi connectivity index (χ0n) is 6.68. The number of rotatable bonds is 4. The summed E-state index contributed by atoms with van der Waals surface area (Å²) in [7, 11) is 1.83. The monoisotopic (exact) mass is 192 g/mol. The van der Waals surface area contributed by atoms with Crippen molar-refractivity contribution < 1.29 is 8.78 Å². The molecule has 5 heteroatoms. The molecule has 0 aliphatic rings. The van der Waals surface area contributed by atoms with Crippen LogP contribution in [0.3, 0.4) is 0 Å². The molecule has 0 bridgehead atoms. The zero-order chi connectivity index (χ0) is 8.97. The Morgan fingerprint density at radius 3 is 2.92 bits per heavy atom. The van der Waals surface area contributed by atoms with Crippen LogP contribution in [-0.4, -0.2) is 18.6 Å². The summed E-state index contributed by atoms with van der Waals surface area (Å²) in [4.78, 5) is 4.51. The SMILES string of the molecule is CNCCc1cnc(C(F)F)s1. The molecule has 0 saturated carbocycles. The normalized spacial score (nSPS) is 11.0. The van der Waals surface area contributed by atoms with Crippen molar-refractivity contribution in [2.75, 3.05) is 13.6 Å². The van der Waals surface area contributed by atoms with Gasteiger partial charge in [0.25, 0.3) is 6.43 Å². The molecule has 68 valence electrons. The number of halogens is 2. The van der Waals surface area contributed by atoms with Gasteiger partial charge in [-0.2, -0.15) is 0 Å². The number of nitrogens with zero attached hydrogens (tertiary/aromatic N) is 1. The quantitative estimate of drug-likeness (QED) is 0.787. The van der Waals surface area contributed by atoms with Crippen LogP contribution in [-0.2, 0) is 6.42 Å². The van der Waals surface area contributed by atoms with Crippen LogP contribution >= 0.6 is 11.3 Å². The van der Waals surface area contributed by atoms with Crippen molar-refractivity contribution in [1.29, 1.82) is 0 Å². The summed E-state index contributed by atoms with van der Waals surface area (Å²) in [5.74, 6) is 0. The van der Waals surface area contributed by atoms with E-state index in [9.17, 15) is 8.78 Å². The van der Waals surface area contributed by atoms with Crippen molar-refractivity contribution in [1.82, 2.24) is 10.3 Å². The Labute approximate surface area is 73.6 Å². The lowest BCUT2D eigenvalue weighted by atomic mass is 10.4. The number of likely N-dealkylation sites (N-methyl/N-ethyl adjacent to an activating group) is 1. The summed E-state index contributed by atoms with van der Waals surface area (Å²) in [6, 6.07) is 0. The molecule has 1 heterocycles. The minimum Gasteiger partial charge on any atom is -0.319 e. The van der Waals surface area contributed by atoms with Gasteiger partial charge in [0, 0.05) is 11.1 Å². The largest absolute Gasteiger partial charge is 0.319 e. The van der Waals surface area contributed by atoms with Crippen molar-refractivity contribution in [3.05, 3.63) is 16.1 Å². The number of nitrogens with one attached hydrogen (secondary N) is 1. The lowest BCUT2D eigenvalue weighted by Crippen LogP contribution is -2.09. The molecule has 0 saturated heterocycles. The van der Waals surface area contributed by atoms with Crippen LogP contribution in [0.2, 0.25) is 0 Å². The molecule has 1 rings (SSSR count). The summed E-state index contributed by atoms with van der Waals surface area (Å²) in [6.07, 6.45) is -0.150. The predicted molar refractivity (Wildman–Crippen MR) is 44.7 cm³/mol. The maximum absolute atomic E-state index is 12.0. The minimum atomic E-state index is -2.43. The van der Waals surface area contributed by atoms with E-state index < -0.39 is 6.43 Å². The molecule has 0 radical (unpaired) electrons. The van der Waals surface area contributed by atoms with Crippen molar-refractivity contribution in [2.24, 2.45) is 0 Å². The lowest BCUT2D eigenvalue weighted by Gasteiger charge is -1.93. The Kier molecular flexibility index (Phi) is 3.55. The standard InChI is InChI=1S/C7H10F2N2S/c1-10-3-2-5-4-11-7(12-5)6(8)9/h4,6,10H,2-3H2,1H3. The smallest absolute Gasteiger partial charge is 0.289 e. The van der Waals surface area contributed by atoms with Gasteiger partial charge in [-0.15, -0.1) is 11.3 Å². The van der Waals surface area contributed by atoms with E-state index in [-0.39, 0.29) is 5.01 Å². The number of hydrogen-bond acceptors (Lipinski definition) is 3. The highest BCUT2D eigenvalue weighted by Gasteiger charge is 2.11. The summed E-state index contributed by atoms with van der Waals surface area (Å²) >= 11 is 1.08. The molecule has 0 aromatic carbocycles. The average Bonchev–Trinajstić information content (AvgIpc) is 2.48. The van der Waals surface area contributed by atoms with E-state index in [1.807, 2.05) is 7.05 Å². The second-order valence-electron chi connectivity index (χ2n) is 2.32. The fourth-order valence-electron chi connectivity index (χ4n) is 0.787. The molecule has 1 aromatic rings. The van der Waals surface area contributed by atoms with Crippen LogP contribution in [0.15, 0.2) is 6.20 Å². The Morgan fingerprint density at radius 1 is 1.67 bits per heavy atom. The Hall–Kier alpha value is -0.550. The summed E-state index contributed by atoms with van der Waals surface area (Å²) < 4.78 is 24.1. The van der Waals surface area contributed by atoms with Crippen LogP contribution in [0.1, 0.15) is 16.3 Å². The fraction of sp³-hybridized carbons (Fsp3) is 0.571. The molecule has 0 fully saturated rings. The summed E-state index contributed by atoms with van der Waals surface area (Å²) in [5, 5.41) is 2.86. The van der Waals surface area contributed by atoms with E-state index in [1.54, 1.807) is 0 Å². The van der Waals surface area contributed by atoms with Crippen LogP contribution in [0.25, 0.3) is 0 Å². The van der Waals surface area contributed by atoms with E-state index in [0.29, 0.717) is 0 Å². The van der Waals surface area contributed by atoms with Gasteiger partial charge in [-0.1, -0.05) is 0 Å². The number of aromatic nitrogens is 1. The van der Waals surface area contributed by atoms with E-state index >= 15 is 0 Å². The first-order chi connectivity index (χ1) is 5.74. The molecule has 0 aliphatic heterocycles. The van der Waals surface area contributed by atoms with Gasteiger partial charge in [-0.05, 0) is 20.0 Å². The van der Waals surface area contributed by atoms with Gasteiger partial charge in [0.05, 0.1) is 0 Å². The maximum atomic E-state index is 12.0. The molecule has 0 amide bonds. The van der Waals surface area contributed by atoms with Gasteiger partial charge < -0.3 is 5.32 Å². The van der Waals surface area contributed by atoms with Crippen molar-refractivity contribution >= 4 is 11.3 Å². The molecule has 0 aliphatic carbocycles. The molecule has 0 atom stereocenters. The average molecular weight is 192 g/mol. The second kappa shape index (κ2) is 4.47. The van der Waals surface area contributed by atoms with Gasteiger partial charge >= 0.3 is 0 Å². The molecule has 1 N–H and O–H groups in total. The highest BCUT2D eigenvalue weighted by Crippen LogP contribution is 2.23. The topological polar surface area (TPSA) is 24.9 Å². The van der Waals surface area contributed by atoms with Gasteiger partial charge in [0.2, 0.25) is 0 Å². The Balaban J connectivity index is 2.52. The van der Waals surface area contributed by atoms with Gasteiger partial charge in [0.1, 0.15) is 0 Å². The number of alkyl halides is 2. The third-order valence-electron chi connectivity index (χ3n) is 1.38. The van der Waals surface area contributed by atoms with Gasteiger partial charge in [-0.25, -0.2) is 13.8 Å². The van der Waals surface area contributed by atoms with Crippen molar-refractivity contribution in [2.45, 2.75) is 12.8 Å². The third-order valence-corrected chi connectivity index (χ3v) is 2.44. The van der Waals surface area contributed by atoms with Crippen LogP contribution < -0.4 is 5.32 Å². The predicted octanol–water partition coefficient (Wildman–Crippen LogP) is 1.84. The first kappa shape index (κ1) is 9.54. The minimum absolute atomic E-state index is 0.0823. The van der Waals surface area contributed by atoms with Crippen LogP contribution in [0.4, 0.5) is 8.78 Å². The molecule has 0 unspecified atom stereocenters. The zero-order valence-corrected chi connectivity index (χ0v) is 7.50. The Bertz CT molecular complexity index is 237. The van der Waals surface area contributed by atoms with E-state index in [0.717, 1.165) is 29.2 Å².